The van der Waals surface area contributed by atoms with E-state index in [-0.39, 0.29) is 29.5 Å². The van der Waals surface area contributed by atoms with Crippen LogP contribution in [0.3, 0.4) is 0 Å². The van der Waals surface area contributed by atoms with Gasteiger partial charge in [-0.3, -0.25) is 14.9 Å². The molecule has 0 aliphatic heterocycles. The zero-order chi connectivity index (χ0) is 16.3. The molecule has 5 nitrogen and oxygen atoms in total. The molecule has 0 unspecified atom stereocenters. The molecular weight excluding hydrogens is 355 g/mol. The Hall–Kier alpha value is -2.28. The lowest BCUT2D eigenvalue weighted by molar-refractivity contribution is -0.385. The van der Waals surface area contributed by atoms with E-state index in [0.29, 0.717) is 4.47 Å². The van der Waals surface area contributed by atoms with Crippen LogP contribution in [0.5, 0.6) is 0 Å². The van der Waals surface area contributed by atoms with Crippen molar-refractivity contribution in [2.24, 2.45) is 0 Å². The number of halogens is 2. The molecule has 114 valence electrons. The van der Waals surface area contributed by atoms with Gasteiger partial charge in [0.15, 0.2) is 0 Å². The smallest absolute Gasteiger partial charge is 0.284 e. The standard InChI is InChI=1S/C15H12BrFN2O3/c1-18(9-10-2-5-12(17)6-3-10)15(20)11-4-7-13(16)14(8-11)19(21)22/h2-8H,9H2,1H3. The molecule has 0 heterocycles. The first kappa shape index (κ1) is 16.1. The number of carbonyl (C=O) groups excluding carboxylic acids is 1. The minimum Gasteiger partial charge on any atom is -0.337 e. The summed E-state index contributed by atoms with van der Waals surface area (Å²) < 4.78 is 13.2. The van der Waals surface area contributed by atoms with Crippen molar-refractivity contribution in [3.05, 3.63) is 74.0 Å². The van der Waals surface area contributed by atoms with Crippen molar-refractivity contribution in [3.63, 3.8) is 0 Å². The fourth-order valence-corrected chi connectivity index (χ4v) is 2.33. The van der Waals surface area contributed by atoms with Gasteiger partial charge < -0.3 is 4.90 Å². The molecule has 0 aromatic heterocycles. The van der Waals surface area contributed by atoms with E-state index in [1.165, 1.54) is 35.2 Å². The maximum absolute atomic E-state index is 12.9. The molecule has 0 aliphatic rings. The van der Waals surface area contributed by atoms with E-state index in [9.17, 15) is 19.3 Å². The van der Waals surface area contributed by atoms with Crippen LogP contribution in [0.2, 0.25) is 0 Å². The van der Waals surface area contributed by atoms with Crippen molar-refractivity contribution in [2.75, 3.05) is 7.05 Å². The second kappa shape index (κ2) is 6.65. The minimum absolute atomic E-state index is 0.166. The van der Waals surface area contributed by atoms with Crippen molar-refractivity contribution in [2.45, 2.75) is 6.54 Å². The number of amides is 1. The third kappa shape index (κ3) is 3.67. The maximum Gasteiger partial charge on any atom is 0.284 e. The van der Waals surface area contributed by atoms with Gasteiger partial charge in [-0.15, -0.1) is 0 Å². The molecule has 0 spiro atoms. The Labute approximate surface area is 134 Å². The molecule has 0 saturated heterocycles. The average molecular weight is 367 g/mol. The Morgan fingerprint density at radius 3 is 2.50 bits per heavy atom. The lowest BCUT2D eigenvalue weighted by atomic mass is 10.1. The largest absolute Gasteiger partial charge is 0.337 e. The molecule has 1 amide bonds. The maximum atomic E-state index is 12.9. The molecule has 2 aromatic carbocycles. The molecule has 0 aliphatic carbocycles. The molecule has 2 rings (SSSR count). The van der Waals surface area contributed by atoms with Crippen molar-refractivity contribution in [1.29, 1.82) is 0 Å². The predicted molar refractivity (Wildman–Crippen MR) is 83.0 cm³/mol. The molecule has 0 saturated carbocycles. The van der Waals surface area contributed by atoms with E-state index < -0.39 is 4.92 Å². The zero-order valence-electron chi connectivity index (χ0n) is 11.6. The molecule has 0 bridgehead atoms. The fourth-order valence-electron chi connectivity index (χ4n) is 1.94. The molecule has 0 N–H and O–H groups in total. The average Bonchev–Trinajstić information content (AvgIpc) is 2.49. The van der Waals surface area contributed by atoms with Gasteiger partial charge in [0.2, 0.25) is 0 Å². The number of hydrogen-bond donors (Lipinski definition) is 0. The van der Waals surface area contributed by atoms with Gasteiger partial charge in [-0.2, -0.15) is 0 Å². The van der Waals surface area contributed by atoms with Gasteiger partial charge in [0, 0.05) is 25.2 Å². The summed E-state index contributed by atoms with van der Waals surface area (Å²) in [4.78, 5) is 24.1. The van der Waals surface area contributed by atoms with Crippen LogP contribution in [0.4, 0.5) is 10.1 Å². The number of benzene rings is 2. The number of hydrogen-bond acceptors (Lipinski definition) is 3. The molecule has 2 aromatic rings. The van der Waals surface area contributed by atoms with Gasteiger partial charge in [0.25, 0.3) is 11.6 Å². The zero-order valence-corrected chi connectivity index (χ0v) is 13.2. The monoisotopic (exact) mass is 366 g/mol. The highest BCUT2D eigenvalue weighted by Gasteiger charge is 2.18. The van der Waals surface area contributed by atoms with Crippen LogP contribution in [0.25, 0.3) is 0 Å². The van der Waals surface area contributed by atoms with Gasteiger partial charge in [-0.05, 0) is 45.8 Å². The number of carbonyl (C=O) groups is 1. The van der Waals surface area contributed by atoms with Gasteiger partial charge in [-0.1, -0.05) is 12.1 Å². The van der Waals surface area contributed by atoms with Crippen LogP contribution < -0.4 is 0 Å². The van der Waals surface area contributed by atoms with Crippen LogP contribution in [0, 0.1) is 15.9 Å². The van der Waals surface area contributed by atoms with E-state index in [0.717, 1.165) is 5.56 Å². The highest BCUT2D eigenvalue weighted by molar-refractivity contribution is 9.10. The Balaban J connectivity index is 2.18. The molecule has 7 heteroatoms. The quantitative estimate of drug-likeness (QED) is 0.611. The third-order valence-electron chi connectivity index (χ3n) is 3.07. The van der Waals surface area contributed by atoms with Crippen molar-refractivity contribution < 1.29 is 14.1 Å². The van der Waals surface area contributed by atoms with E-state index in [1.807, 2.05) is 0 Å². The summed E-state index contributed by atoms with van der Waals surface area (Å²) in [6, 6.07) is 10.0. The van der Waals surface area contributed by atoms with Crippen LogP contribution >= 0.6 is 15.9 Å². The first-order valence-electron chi connectivity index (χ1n) is 6.32. The first-order chi connectivity index (χ1) is 10.4. The van der Waals surface area contributed by atoms with Crippen molar-refractivity contribution in [3.8, 4) is 0 Å². The van der Waals surface area contributed by atoms with Gasteiger partial charge in [0.1, 0.15) is 5.82 Å². The SMILES string of the molecule is CN(Cc1ccc(F)cc1)C(=O)c1ccc(Br)c([N+](=O)[O-])c1. The van der Waals surface area contributed by atoms with Crippen LogP contribution in [0.15, 0.2) is 46.9 Å². The summed E-state index contributed by atoms with van der Waals surface area (Å²) in [7, 11) is 1.58. The number of nitro benzene ring substituents is 1. The number of nitro groups is 1. The Morgan fingerprint density at radius 1 is 1.27 bits per heavy atom. The molecule has 0 fully saturated rings. The van der Waals surface area contributed by atoms with Crippen LogP contribution in [0.1, 0.15) is 15.9 Å². The molecule has 22 heavy (non-hydrogen) atoms. The summed E-state index contributed by atoms with van der Waals surface area (Å²) in [5.41, 5.74) is 0.824. The van der Waals surface area contributed by atoms with Gasteiger partial charge in [-0.25, -0.2) is 4.39 Å². The highest BCUT2D eigenvalue weighted by Crippen LogP contribution is 2.26. The summed E-state index contributed by atoms with van der Waals surface area (Å²) in [6.45, 7) is 0.281. The van der Waals surface area contributed by atoms with Crippen molar-refractivity contribution in [1.82, 2.24) is 4.90 Å². The summed E-state index contributed by atoms with van der Waals surface area (Å²) in [6.07, 6.45) is 0. The normalized spacial score (nSPS) is 10.3. The second-order valence-electron chi connectivity index (χ2n) is 4.71. The van der Waals surface area contributed by atoms with E-state index in [2.05, 4.69) is 15.9 Å². The van der Waals surface area contributed by atoms with Crippen LogP contribution in [-0.2, 0) is 6.54 Å². The van der Waals surface area contributed by atoms with E-state index >= 15 is 0 Å². The van der Waals surface area contributed by atoms with Crippen LogP contribution in [-0.4, -0.2) is 22.8 Å². The number of rotatable bonds is 4. The van der Waals surface area contributed by atoms with Crippen molar-refractivity contribution >= 4 is 27.5 Å². The minimum atomic E-state index is -0.555. The lowest BCUT2D eigenvalue weighted by Gasteiger charge is -2.17. The first-order valence-corrected chi connectivity index (χ1v) is 7.11. The summed E-state index contributed by atoms with van der Waals surface area (Å²) >= 11 is 3.08. The molecule has 0 atom stereocenters. The third-order valence-corrected chi connectivity index (χ3v) is 3.74. The Bertz CT molecular complexity index is 719. The summed E-state index contributed by atoms with van der Waals surface area (Å²) in [5, 5.41) is 10.9. The van der Waals surface area contributed by atoms with Gasteiger partial charge in [0.05, 0.1) is 9.40 Å². The Morgan fingerprint density at radius 2 is 1.91 bits per heavy atom. The molecule has 0 radical (unpaired) electrons. The molecular formula is C15H12BrFN2O3. The highest BCUT2D eigenvalue weighted by atomic mass is 79.9. The van der Waals surface area contributed by atoms with E-state index in [4.69, 9.17) is 0 Å². The number of nitrogens with zero attached hydrogens (tertiary/aromatic N) is 2. The fraction of sp³-hybridized carbons (Fsp3) is 0.133. The second-order valence-corrected chi connectivity index (χ2v) is 5.57. The Kier molecular flexibility index (Phi) is 4.87. The summed E-state index contributed by atoms with van der Waals surface area (Å²) in [5.74, 6) is -0.693. The van der Waals surface area contributed by atoms with Gasteiger partial charge >= 0.3 is 0 Å². The van der Waals surface area contributed by atoms with E-state index in [1.54, 1.807) is 19.2 Å². The lowest BCUT2D eigenvalue weighted by Crippen LogP contribution is -2.26. The topological polar surface area (TPSA) is 63.5 Å². The predicted octanol–water partition coefficient (Wildman–Crippen LogP) is 3.77.